The van der Waals surface area contributed by atoms with E-state index in [0.717, 1.165) is 24.4 Å². The van der Waals surface area contributed by atoms with Crippen molar-refractivity contribution in [3.8, 4) is 0 Å². The molecule has 0 bridgehead atoms. The Kier molecular flexibility index (Phi) is 2.96. The molecule has 2 aliphatic rings. The minimum absolute atomic E-state index is 0.00281. The molecule has 0 unspecified atom stereocenters. The van der Waals surface area contributed by atoms with Gasteiger partial charge >= 0.3 is 0 Å². The molecule has 2 amide bonds. The lowest BCUT2D eigenvalue weighted by Crippen LogP contribution is -2.38. The lowest BCUT2D eigenvalue weighted by molar-refractivity contribution is 0.0706. The molecule has 0 spiro atoms. The summed E-state index contributed by atoms with van der Waals surface area (Å²) in [5.41, 5.74) is 2.28. The first kappa shape index (κ1) is 13.1. The molecule has 0 saturated carbocycles. The summed E-state index contributed by atoms with van der Waals surface area (Å²) in [6.07, 6.45) is 4.47. The van der Waals surface area contributed by atoms with Gasteiger partial charge in [-0.1, -0.05) is 0 Å². The third-order valence-electron chi connectivity index (χ3n) is 4.31. The van der Waals surface area contributed by atoms with Crippen LogP contribution in [0.2, 0.25) is 0 Å². The van der Waals surface area contributed by atoms with Crippen LogP contribution in [0.5, 0.6) is 0 Å². The first-order valence-corrected chi connectivity index (χ1v) is 7.43. The van der Waals surface area contributed by atoms with E-state index in [0.29, 0.717) is 30.8 Å². The zero-order chi connectivity index (χ0) is 15.1. The fourth-order valence-corrected chi connectivity index (χ4v) is 3.09. The molecule has 1 N–H and O–H groups in total. The molecule has 1 aromatic heterocycles. The zero-order valence-electron chi connectivity index (χ0n) is 12.1. The molecule has 0 radical (unpaired) electrons. The average molecular weight is 296 g/mol. The van der Waals surface area contributed by atoms with E-state index in [4.69, 9.17) is 0 Å². The van der Waals surface area contributed by atoms with Crippen LogP contribution in [0.4, 0.5) is 0 Å². The van der Waals surface area contributed by atoms with Crippen LogP contribution in [-0.4, -0.2) is 39.4 Å². The number of nitrogens with one attached hydrogen (secondary N) is 1. The molecule has 0 atom stereocenters. The zero-order valence-corrected chi connectivity index (χ0v) is 12.1. The number of amides is 2. The molecule has 3 heterocycles. The maximum absolute atomic E-state index is 12.7. The highest BCUT2D eigenvalue weighted by molar-refractivity contribution is 5.99. The standard InChI is InChI=1S/C16H16N4O2/c21-15-13-2-1-12(9-11(13)3-4-18-15)16(22)20-8-7-19-6-5-17-14(19)10-20/h1-2,5-6,9H,3-4,7-8,10H2,(H,18,21). The molecule has 0 aliphatic carbocycles. The Hall–Kier alpha value is -2.63. The van der Waals surface area contributed by atoms with Crippen LogP contribution in [0.3, 0.4) is 0 Å². The number of hydrogen-bond acceptors (Lipinski definition) is 3. The summed E-state index contributed by atoms with van der Waals surface area (Å²) in [6.45, 7) is 2.61. The molecule has 112 valence electrons. The van der Waals surface area contributed by atoms with Gasteiger partial charge in [-0.15, -0.1) is 0 Å². The topological polar surface area (TPSA) is 67.2 Å². The number of aromatic nitrogens is 2. The highest BCUT2D eigenvalue weighted by atomic mass is 16.2. The lowest BCUT2D eigenvalue weighted by atomic mass is 9.97. The molecule has 2 aromatic rings. The van der Waals surface area contributed by atoms with Crippen LogP contribution in [0.15, 0.2) is 30.6 Å². The monoisotopic (exact) mass is 296 g/mol. The summed E-state index contributed by atoms with van der Waals surface area (Å²) < 4.78 is 2.07. The Balaban J connectivity index is 1.60. The highest BCUT2D eigenvalue weighted by Gasteiger charge is 2.24. The van der Waals surface area contributed by atoms with E-state index in [9.17, 15) is 9.59 Å². The number of carbonyl (C=O) groups excluding carboxylic acids is 2. The quantitative estimate of drug-likeness (QED) is 0.847. The van der Waals surface area contributed by atoms with E-state index >= 15 is 0 Å². The van der Waals surface area contributed by atoms with E-state index in [1.54, 1.807) is 18.3 Å². The first-order valence-electron chi connectivity index (χ1n) is 7.43. The Bertz CT molecular complexity index is 765. The van der Waals surface area contributed by atoms with Crippen molar-refractivity contribution in [1.82, 2.24) is 19.8 Å². The van der Waals surface area contributed by atoms with E-state index in [1.807, 2.05) is 17.2 Å². The predicted molar refractivity (Wildman–Crippen MR) is 79.4 cm³/mol. The largest absolute Gasteiger partial charge is 0.352 e. The third kappa shape index (κ3) is 2.07. The van der Waals surface area contributed by atoms with Gasteiger partial charge in [0, 0.05) is 43.2 Å². The Morgan fingerprint density at radius 3 is 3.09 bits per heavy atom. The van der Waals surface area contributed by atoms with Gasteiger partial charge in [0.15, 0.2) is 0 Å². The van der Waals surface area contributed by atoms with E-state index in [1.165, 1.54) is 0 Å². The number of benzene rings is 1. The molecule has 1 aromatic carbocycles. The van der Waals surface area contributed by atoms with Crippen molar-refractivity contribution in [2.75, 3.05) is 13.1 Å². The van der Waals surface area contributed by atoms with Gasteiger partial charge < -0.3 is 14.8 Å². The van der Waals surface area contributed by atoms with Gasteiger partial charge in [0.05, 0.1) is 6.54 Å². The second-order valence-electron chi connectivity index (χ2n) is 5.64. The smallest absolute Gasteiger partial charge is 0.254 e. The maximum Gasteiger partial charge on any atom is 0.254 e. The van der Waals surface area contributed by atoms with Crippen LogP contribution in [0.25, 0.3) is 0 Å². The van der Waals surface area contributed by atoms with E-state index in [-0.39, 0.29) is 11.8 Å². The van der Waals surface area contributed by atoms with Gasteiger partial charge in [0.2, 0.25) is 0 Å². The van der Waals surface area contributed by atoms with Crippen molar-refractivity contribution in [3.05, 3.63) is 53.1 Å². The summed E-state index contributed by atoms with van der Waals surface area (Å²) in [7, 11) is 0. The Labute approximate surface area is 127 Å². The summed E-state index contributed by atoms with van der Waals surface area (Å²) in [5, 5.41) is 2.81. The number of nitrogens with zero attached hydrogens (tertiary/aromatic N) is 3. The van der Waals surface area contributed by atoms with Crippen LogP contribution >= 0.6 is 0 Å². The Morgan fingerprint density at radius 1 is 1.27 bits per heavy atom. The number of rotatable bonds is 1. The van der Waals surface area contributed by atoms with Crippen molar-refractivity contribution in [2.24, 2.45) is 0 Å². The molecule has 6 nitrogen and oxygen atoms in total. The minimum atomic E-state index is -0.0553. The predicted octanol–water partition coefficient (Wildman–Crippen LogP) is 0.825. The van der Waals surface area contributed by atoms with Crippen molar-refractivity contribution in [2.45, 2.75) is 19.5 Å². The molecular weight excluding hydrogens is 280 g/mol. The fraction of sp³-hybridized carbons (Fsp3) is 0.312. The summed E-state index contributed by atoms with van der Waals surface area (Å²) in [5.74, 6) is 0.861. The van der Waals surface area contributed by atoms with Crippen molar-refractivity contribution in [3.63, 3.8) is 0 Å². The molecule has 4 rings (SSSR count). The summed E-state index contributed by atoms with van der Waals surface area (Å²) in [4.78, 5) is 30.5. The van der Waals surface area contributed by atoms with Crippen molar-refractivity contribution >= 4 is 11.8 Å². The molecular formula is C16H16N4O2. The van der Waals surface area contributed by atoms with Crippen LogP contribution in [0, 0.1) is 0 Å². The summed E-state index contributed by atoms with van der Waals surface area (Å²) >= 11 is 0. The summed E-state index contributed by atoms with van der Waals surface area (Å²) in [6, 6.07) is 5.35. The second kappa shape index (κ2) is 4.98. The van der Waals surface area contributed by atoms with Gasteiger partial charge in [-0.05, 0) is 30.2 Å². The van der Waals surface area contributed by atoms with Gasteiger partial charge in [-0.2, -0.15) is 0 Å². The molecule has 6 heteroatoms. The van der Waals surface area contributed by atoms with E-state index < -0.39 is 0 Å². The molecule has 22 heavy (non-hydrogen) atoms. The lowest BCUT2D eigenvalue weighted by Gasteiger charge is -2.28. The maximum atomic E-state index is 12.7. The molecule has 2 aliphatic heterocycles. The highest BCUT2D eigenvalue weighted by Crippen LogP contribution is 2.19. The number of carbonyl (C=O) groups is 2. The van der Waals surface area contributed by atoms with Crippen LogP contribution < -0.4 is 5.32 Å². The van der Waals surface area contributed by atoms with Gasteiger partial charge in [0.25, 0.3) is 11.8 Å². The Morgan fingerprint density at radius 2 is 2.18 bits per heavy atom. The van der Waals surface area contributed by atoms with Gasteiger partial charge in [0.1, 0.15) is 5.82 Å². The number of fused-ring (bicyclic) bond motifs is 2. The first-order chi connectivity index (χ1) is 10.7. The SMILES string of the molecule is O=C1NCCc2cc(C(=O)N3CCn4ccnc4C3)ccc21. The van der Waals surface area contributed by atoms with Gasteiger partial charge in [-0.25, -0.2) is 4.98 Å². The normalized spacial score (nSPS) is 16.7. The molecule has 0 saturated heterocycles. The minimum Gasteiger partial charge on any atom is -0.352 e. The van der Waals surface area contributed by atoms with Crippen molar-refractivity contribution < 1.29 is 9.59 Å². The second-order valence-corrected chi connectivity index (χ2v) is 5.64. The molecule has 0 fully saturated rings. The van der Waals surface area contributed by atoms with Crippen LogP contribution in [0.1, 0.15) is 32.1 Å². The number of hydrogen-bond donors (Lipinski definition) is 1. The number of imidazole rings is 1. The van der Waals surface area contributed by atoms with Crippen LogP contribution in [-0.2, 0) is 19.5 Å². The fourth-order valence-electron chi connectivity index (χ4n) is 3.09. The average Bonchev–Trinajstić information content (AvgIpc) is 3.01. The third-order valence-corrected chi connectivity index (χ3v) is 4.31. The van der Waals surface area contributed by atoms with E-state index in [2.05, 4.69) is 14.9 Å². The van der Waals surface area contributed by atoms with Crippen molar-refractivity contribution in [1.29, 1.82) is 0 Å². The van der Waals surface area contributed by atoms with Gasteiger partial charge in [-0.3, -0.25) is 9.59 Å².